The molecular formula is C15H18N4O4S. The van der Waals surface area contributed by atoms with Crippen LogP contribution in [0.3, 0.4) is 0 Å². The van der Waals surface area contributed by atoms with Crippen molar-refractivity contribution in [1.29, 1.82) is 0 Å². The Morgan fingerprint density at radius 1 is 1.42 bits per heavy atom. The minimum atomic E-state index is -0.646. The molecule has 8 nitrogen and oxygen atoms in total. The number of carbonyl (C=O) groups is 2. The van der Waals surface area contributed by atoms with Gasteiger partial charge in [0.1, 0.15) is 6.54 Å². The predicted octanol–water partition coefficient (Wildman–Crippen LogP) is 0.549. The highest BCUT2D eigenvalue weighted by Crippen LogP contribution is 2.21. The Kier molecular flexibility index (Phi) is 4.79. The Morgan fingerprint density at radius 3 is 2.79 bits per heavy atom. The molecule has 0 unspecified atom stereocenters. The highest BCUT2D eigenvalue weighted by atomic mass is 32.1. The number of carbonyl (C=O) groups excluding carboxylic acids is 2. The molecule has 0 atom stereocenters. The van der Waals surface area contributed by atoms with Crippen LogP contribution in [0.1, 0.15) is 12.8 Å². The SMILES string of the molecule is CNC(=O)C1CCN(C(=O)Cn2nc(-c3cccs3)oc2=O)CC1. The molecular weight excluding hydrogens is 332 g/mol. The van der Waals surface area contributed by atoms with Crippen molar-refractivity contribution in [3.63, 3.8) is 0 Å². The van der Waals surface area contributed by atoms with Gasteiger partial charge in [-0.3, -0.25) is 9.59 Å². The van der Waals surface area contributed by atoms with E-state index < -0.39 is 5.76 Å². The first kappa shape index (κ1) is 16.4. The van der Waals surface area contributed by atoms with Crippen molar-refractivity contribution in [3.8, 4) is 10.8 Å². The molecule has 1 aliphatic rings. The second-order valence-electron chi connectivity index (χ2n) is 5.58. The first-order valence-corrected chi connectivity index (χ1v) is 8.57. The topological polar surface area (TPSA) is 97.4 Å². The number of thiophene rings is 1. The molecule has 3 rings (SSSR count). The van der Waals surface area contributed by atoms with Gasteiger partial charge in [-0.15, -0.1) is 16.4 Å². The van der Waals surface area contributed by atoms with Gasteiger partial charge in [-0.05, 0) is 24.3 Å². The second-order valence-corrected chi connectivity index (χ2v) is 6.53. The number of hydrogen-bond acceptors (Lipinski definition) is 6. The molecule has 0 aromatic carbocycles. The van der Waals surface area contributed by atoms with Crippen LogP contribution in [0.2, 0.25) is 0 Å². The van der Waals surface area contributed by atoms with Gasteiger partial charge in [0.15, 0.2) is 0 Å². The van der Waals surface area contributed by atoms with Gasteiger partial charge in [0.05, 0.1) is 4.88 Å². The largest absolute Gasteiger partial charge is 0.437 e. The first-order chi connectivity index (χ1) is 11.6. The molecule has 9 heteroatoms. The Hall–Kier alpha value is -2.42. The van der Waals surface area contributed by atoms with Gasteiger partial charge in [-0.1, -0.05) is 6.07 Å². The molecule has 0 saturated carbocycles. The molecule has 1 N–H and O–H groups in total. The predicted molar refractivity (Wildman–Crippen MR) is 87.4 cm³/mol. The zero-order chi connectivity index (χ0) is 17.1. The zero-order valence-corrected chi connectivity index (χ0v) is 14.0. The lowest BCUT2D eigenvalue weighted by Gasteiger charge is -2.30. The molecule has 0 bridgehead atoms. The van der Waals surface area contributed by atoms with Crippen LogP contribution >= 0.6 is 11.3 Å². The fraction of sp³-hybridized carbons (Fsp3) is 0.467. The second kappa shape index (κ2) is 7.00. The van der Waals surface area contributed by atoms with Crippen LogP contribution in [-0.2, 0) is 16.1 Å². The minimum Gasteiger partial charge on any atom is -0.387 e. The lowest BCUT2D eigenvalue weighted by molar-refractivity contribution is -0.136. The van der Waals surface area contributed by atoms with Crippen molar-refractivity contribution >= 4 is 23.2 Å². The van der Waals surface area contributed by atoms with Crippen molar-refractivity contribution in [2.45, 2.75) is 19.4 Å². The number of likely N-dealkylation sites (tertiary alicyclic amines) is 1. The number of amides is 2. The van der Waals surface area contributed by atoms with Gasteiger partial charge in [0.25, 0.3) is 5.89 Å². The highest BCUT2D eigenvalue weighted by molar-refractivity contribution is 7.13. The Balaban J connectivity index is 1.62. The summed E-state index contributed by atoms with van der Waals surface area (Å²) in [7, 11) is 1.61. The van der Waals surface area contributed by atoms with Gasteiger partial charge in [-0.25, -0.2) is 4.79 Å². The van der Waals surface area contributed by atoms with E-state index >= 15 is 0 Å². The molecule has 2 aromatic heterocycles. The normalized spacial score (nSPS) is 15.5. The summed E-state index contributed by atoms with van der Waals surface area (Å²) in [6.45, 7) is 0.848. The van der Waals surface area contributed by atoms with Gasteiger partial charge in [0.2, 0.25) is 11.8 Å². The molecule has 2 amide bonds. The van der Waals surface area contributed by atoms with Crippen molar-refractivity contribution < 1.29 is 14.0 Å². The molecule has 1 saturated heterocycles. The lowest BCUT2D eigenvalue weighted by Crippen LogP contribution is -2.44. The Bertz CT molecular complexity index is 772. The summed E-state index contributed by atoms with van der Waals surface area (Å²) in [5.41, 5.74) is 0. The van der Waals surface area contributed by atoms with E-state index in [4.69, 9.17) is 4.42 Å². The van der Waals surface area contributed by atoms with Crippen LogP contribution in [0.5, 0.6) is 0 Å². The van der Waals surface area contributed by atoms with Crippen molar-refractivity contribution in [2.24, 2.45) is 5.92 Å². The smallest absolute Gasteiger partial charge is 0.387 e. The van der Waals surface area contributed by atoms with Crippen LogP contribution in [0.4, 0.5) is 0 Å². The standard InChI is InChI=1S/C15H18N4O4S/c1-16-13(21)10-4-6-18(7-5-10)12(20)9-19-15(22)23-14(17-19)11-3-2-8-24-11/h2-3,8,10H,4-7,9H2,1H3,(H,16,21). The van der Waals surface area contributed by atoms with Crippen molar-refractivity contribution in [3.05, 3.63) is 28.1 Å². The summed E-state index contributed by atoms with van der Waals surface area (Å²) in [6, 6.07) is 3.63. The first-order valence-electron chi connectivity index (χ1n) is 7.69. The number of nitrogens with zero attached hydrogens (tertiary/aromatic N) is 3. The summed E-state index contributed by atoms with van der Waals surface area (Å²) < 4.78 is 6.14. The van der Waals surface area contributed by atoms with Crippen LogP contribution in [-0.4, -0.2) is 46.6 Å². The Labute approximate surface area is 142 Å². The van der Waals surface area contributed by atoms with E-state index in [0.29, 0.717) is 25.9 Å². The highest BCUT2D eigenvalue weighted by Gasteiger charge is 2.27. The number of hydrogen-bond donors (Lipinski definition) is 1. The molecule has 0 spiro atoms. The zero-order valence-electron chi connectivity index (χ0n) is 13.2. The molecule has 0 aliphatic carbocycles. The van der Waals surface area contributed by atoms with E-state index in [1.165, 1.54) is 11.3 Å². The van der Waals surface area contributed by atoms with Crippen LogP contribution < -0.4 is 11.1 Å². The van der Waals surface area contributed by atoms with Gasteiger partial charge in [-0.2, -0.15) is 4.68 Å². The molecule has 1 fully saturated rings. The van der Waals surface area contributed by atoms with Crippen molar-refractivity contribution in [2.75, 3.05) is 20.1 Å². The van der Waals surface area contributed by atoms with Crippen LogP contribution in [0.25, 0.3) is 10.8 Å². The average Bonchev–Trinajstić information content (AvgIpc) is 3.24. The molecule has 3 heterocycles. The van der Waals surface area contributed by atoms with Gasteiger partial charge >= 0.3 is 5.76 Å². The van der Waals surface area contributed by atoms with E-state index in [1.54, 1.807) is 18.0 Å². The molecule has 1 aliphatic heterocycles. The van der Waals surface area contributed by atoms with Gasteiger partial charge in [0, 0.05) is 26.1 Å². The monoisotopic (exact) mass is 350 g/mol. The molecule has 24 heavy (non-hydrogen) atoms. The third kappa shape index (κ3) is 3.40. The maximum Gasteiger partial charge on any atom is 0.437 e. The maximum absolute atomic E-state index is 12.3. The molecule has 2 aromatic rings. The number of aromatic nitrogens is 2. The fourth-order valence-electron chi connectivity index (χ4n) is 2.73. The van der Waals surface area contributed by atoms with Crippen LogP contribution in [0, 0.1) is 5.92 Å². The molecule has 0 radical (unpaired) electrons. The van der Waals surface area contributed by atoms with E-state index in [1.807, 2.05) is 11.4 Å². The van der Waals surface area contributed by atoms with E-state index in [9.17, 15) is 14.4 Å². The number of nitrogens with one attached hydrogen (secondary N) is 1. The number of piperidine rings is 1. The van der Waals surface area contributed by atoms with E-state index in [-0.39, 0.29) is 30.2 Å². The summed E-state index contributed by atoms with van der Waals surface area (Å²) in [5.74, 6) is -0.665. The summed E-state index contributed by atoms with van der Waals surface area (Å²) >= 11 is 1.41. The van der Waals surface area contributed by atoms with Gasteiger partial charge < -0.3 is 14.6 Å². The lowest BCUT2D eigenvalue weighted by atomic mass is 9.96. The quantitative estimate of drug-likeness (QED) is 0.868. The summed E-state index contributed by atoms with van der Waals surface area (Å²) in [5, 5.41) is 8.57. The number of rotatable bonds is 4. The maximum atomic E-state index is 12.3. The van der Waals surface area contributed by atoms with E-state index in [0.717, 1.165) is 9.56 Å². The third-order valence-electron chi connectivity index (χ3n) is 4.09. The van der Waals surface area contributed by atoms with Crippen LogP contribution in [0.15, 0.2) is 26.7 Å². The molecule has 128 valence electrons. The minimum absolute atomic E-state index is 0.00964. The summed E-state index contributed by atoms with van der Waals surface area (Å²) in [6.07, 6.45) is 1.25. The fourth-order valence-corrected chi connectivity index (χ4v) is 3.37. The van der Waals surface area contributed by atoms with E-state index in [2.05, 4.69) is 10.4 Å². The Morgan fingerprint density at radius 2 is 2.17 bits per heavy atom. The summed E-state index contributed by atoms with van der Waals surface area (Å²) in [4.78, 5) is 38.2. The third-order valence-corrected chi connectivity index (χ3v) is 4.95. The average molecular weight is 350 g/mol. The van der Waals surface area contributed by atoms with Crippen molar-refractivity contribution in [1.82, 2.24) is 20.0 Å².